The SMILES string of the molecule is CCOC(=O)N1CCN(c2ncnc(Nc3cccc(C)c3)c2[N+](=O)[O-])CC1. The number of ether oxygens (including phenoxy) is 1. The summed E-state index contributed by atoms with van der Waals surface area (Å²) in [5, 5.41) is 14.8. The molecule has 1 aromatic carbocycles. The molecule has 148 valence electrons. The average molecular weight is 386 g/mol. The van der Waals surface area contributed by atoms with Crippen LogP contribution >= 0.6 is 0 Å². The highest BCUT2D eigenvalue weighted by Crippen LogP contribution is 2.34. The molecule has 0 unspecified atom stereocenters. The van der Waals surface area contributed by atoms with Crippen molar-refractivity contribution in [2.75, 3.05) is 43.0 Å². The first-order valence-electron chi connectivity index (χ1n) is 8.99. The zero-order valence-corrected chi connectivity index (χ0v) is 15.8. The third-order valence-electron chi connectivity index (χ3n) is 4.37. The second kappa shape index (κ2) is 8.51. The Morgan fingerprint density at radius 2 is 2.04 bits per heavy atom. The van der Waals surface area contributed by atoms with Crippen LogP contribution in [0.3, 0.4) is 0 Å². The van der Waals surface area contributed by atoms with E-state index in [1.54, 1.807) is 16.7 Å². The highest BCUT2D eigenvalue weighted by molar-refractivity contribution is 5.75. The molecule has 10 heteroatoms. The van der Waals surface area contributed by atoms with E-state index in [0.29, 0.717) is 38.5 Å². The number of nitro groups is 1. The monoisotopic (exact) mass is 386 g/mol. The number of anilines is 3. The molecule has 0 spiro atoms. The van der Waals surface area contributed by atoms with Gasteiger partial charge in [0.2, 0.25) is 11.6 Å². The number of nitrogens with one attached hydrogen (secondary N) is 1. The molecule has 10 nitrogen and oxygen atoms in total. The molecule has 1 aromatic heterocycles. The van der Waals surface area contributed by atoms with Crippen LogP contribution in [-0.4, -0.2) is 58.7 Å². The summed E-state index contributed by atoms with van der Waals surface area (Å²) in [6.07, 6.45) is 0.930. The van der Waals surface area contributed by atoms with Crippen molar-refractivity contribution in [3.05, 3.63) is 46.3 Å². The second-order valence-corrected chi connectivity index (χ2v) is 6.32. The van der Waals surface area contributed by atoms with Gasteiger partial charge in [0.1, 0.15) is 6.33 Å². The highest BCUT2D eigenvalue weighted by Gasteiger charge is 2.30. The van der Waals surface area contributed by atoms with Gasteiger partial charge in [-0.25, -0.2) is 14.8 Å². The van der Waals surface area contributed by atoms with Crippen LogP contribution < -0.4 is 10.2 Å². The summed E-state index contributed by atoms with van der Waals surface area (Å²) >= 11 is 0. The van der Waals surface area contributed by atoms with Gasteiger partial charge in [0, 0.05) is 31.9 Å². The molecule has 1 amide bonds. The first-order chi connectivity index (χ1) is 13.5. The lowest BCUT2D eigenvalue weighted by Gasteiger charge is -2.34. The minimum absolute atomic E-state index is 0.133. The fourth-order valence-electron chi connectivity index (χ4n) is 3.04. The van der Waals surface area contributed by atoms with Gasteiger partial charge in [0.25, 0.3) is 0 Å². The first-order valence-corrected chi connectivity index (χ1v) is 8.99. The van der Waals surface area contributed by atoms with Crippen LogP contribution in [0.25, 0.3) is 0 Å². The molecule has 2 aromatic rings. The second-order valence-electron chi connectivity index (χ2n) is 6.32. The maximum absolute atomic E-state index is 11.8. The lowest BCUT2D eigenvalue weighted by atomic mass is 10.2. The summed E-state index contributed by atoms with van der Waals surface area (Å²) in [4.78, 5) is 34.7. The summed E-state index contributed by atoms with van der Waals surface area (Å²) in [5.74, 6) is 0.368. The Kier molecular flexibility index (Phi) is 5.87. The van der Waals surface area contributed by atoms with Crippen molar-refractivity contribution in [3.8, 4) is 0 Å². The van der Waals surface area contributed by atoms with Crippen molar-refractivity contribution in [2.45, 2.75) is 13.8 Å². The van der Waals surface area contributed by atoms with E-state index in [4.69, 9.17) is 4.74 Å². The number of carbonyl (C=O) groups excluding carboxylic acids is 1. The molecular formula is C18H22N6O4. The Balaban J connectivity index is 1.82. The molecule has 2 heterocycles. The van der Waals surface area contributed by atoms with Gasteiger partial charge in [0.05, 0.1) is 11.5 Å². The Bertz CT molecular complexity index is 867. The highest BCUT2D eigenvalue weighted by atomic mass is 16.6. The zero-order chi connectivity index (χ0) is 20.1. The number of rotatable bonds is 5. The number of carbonyl (C=O) groups is 1. The molecule has 1 aliphatic rings. The topological polar surface area (TPSA) is 114 Å². The van der Waals surface area contributed by atoms with E-state index in [0.717, 1.165) is 5.56 Å². The first kappa shape index (κ1) is 19.3. The Morgan fingerprint density at radius 3 is 2.68 bits per heavy atom. The van der Waals surface area contributed by atoms with Gasteiger partial charge in [-0.15, -0.1) is 0 Å². The van der Waals surface area contributed by atoms with E-state index in [1.807, 2.05) is 31.2 Å². The van der Waals surface area contributed by atoms with Crippen LogP contribution in [0, 0.1) is 17.0 Å². The number of nitrogens with zero attached hydrogens (tertiary/aromatic N) is 5. The van der Waals surface area contributed by atoms with E-state index in [1.165, 1.54) is 6.33 Å². The lowest BCUT2D eigenvalue weighted by Crippen LogP contribution is -2.49. The van der Waals surface area contributed by atoms with Gasteiger partial charge in [0.15, 0.2) is 0 Å². The van der Waals surface area contributed by atoms with Crippen LogP contribution in [0.4, 0.5) is 27.8 Å². The summed E-state index contributed by atoms with van der Waals surface area (Å²) in [6.45, 7) is 5.64. The van der Waals surface area contributed by atoms with Gasteiger partial charge in [-0.1, -0.05) is 12.1 Å². The molecule has 0 aliphatic carbocycles. The lowest BCUT2D eigenvalue weighted by molar-refractivity contribution is -0.383. The fraction of sp³-hybridized carbons (Fsp3) is 0.389. The molecule has 0 saturated carbocycles. The molecule has 0 radical (unpaired) electrons. The Morgan fingerprint density at radius 1 is 1.29 bits per heavy atom. The van der Waals surface area contributed by atoms with Gasteiger partial charge in [-0.3, -0.25) is 10.1 Å². The van der Waals surface area contributed by atoms with E-state index in [9.17, 15) is 14.9 Å². The van der Waals surface area contributed by atoms with Crippen LogP contribution in [-0.2, 0) is 4.74 Å². The van der Waals surface area contributed by atoms with Crippen molar-refractivity contribution in [2.24, 2.45) is 0 Å². The quantitative estimate of drug-likeness (QED) is 0.616. The summed E-state index contributed by atoms with van der Waals surface area (Å²) in [6, 6.07) is 7.49. The van der Waals surface area contributed by atoms with Crippen molar-refractivity contribution < 1.29 is 14.5 Å². The minimum Gasteiger partial charge on any atom is -0.450 e. The molecular weight excluding hydrogens is 364 g/mol. The molecule has 1 N–H and O–H groups in total. The maximum atomic E-state index is 11.8. The predicted molar refractivity (Wildman–Crippen MR) is 104 cm³/mol. The molecule has 0 bridgehead atoms. The normalized spacial score (nSPS) is 13.9. The zero-order valence-electron chi connectivity index (χ0n) is 15.8. The third-order valence-corrected chi connectivity index (χ3v) is 4.37. The van der Waals surface area contributed by atoms with Crippen molar-refractivity contribution >= 4 is 29.1 Å². The number of aromatic nitrogens is 2. The largest absolute Gasteiger partial charge is 0.450 e. The van der Waals surface area contributed by atoms with E-state index in [2.05, 4.69) is 15.3 Å². The number of hydrogen-bond donors (Lipinski definition) is 1. The molecule has 3 rings (SSSR count). The van der Waals surface area contributed by atoms with Crippen LogP contribution in [0.2, 0.25) is 0 Å². The van der Waals surface area contributed by atoms with Gasteiger partial charge >= 0.3 is 11.8 Å². The molecule has 0 atom stereocenters. The number of benzene rings is 1. The molecule has 28 heavy (non-hydrogen) atoms. The smallest absolute Gasteiger partial charge is 0.409 e. The Hall–Kier alpha value is -3.43. The maximum Gasteiger partial charge on any atom is 0.409 e. The predicted octanol–water partition coefficient (Wildman–Crippen LogP) is 2.72. The summed E-state index contributed by atoms with van der Waals surface area (Å²) < 4.78 is 5.00. The van der Waals surface area contributed by atoms with E-state index >= 15 is 0 Å². The van der Waals surface area contributed by atoms with Crippen LogP contribution in [0.15, 0.2) is 30.6 Å². The summed E-state index contributed by atoms with van der Waals surface area (Å²) in [7, 11) is 0. The molecule has 1 aliphatic heterocycles. The van der Waals surface area contributed by atoms with Crippen LogP contribution in [0.5, 0.6) is 0 Å². The van der Waals surface area contributed by atoms with E-state index in [-0.39, 0.29) is 23.4 Å². The average Bonchev–Trinajstić information content (AvgIpc) is 2.68. The number of piperazine rings is 1. The Labute approximate surface area is 162 Å². The number of aryl methyl sites for hydroxylation is 1. The molecule has 1 fully saturated rings. The number of hydrogen-bond acceptors (Lipinski definition) is 8. The van der Waals surface area contributed by atoms with E-state index < -0.39 is 4.92 Å². The standard InChI is InChI=1S/C18H22N6O4/c1-3-28-18(25)23-9-7-22(8-10-23)17-15(24(26)27)16(19-12-20-17)21-14-6-4-5-13(2)11-14/h4-6,11-12H,3,7-10H2,1-2H3,(H,19,20,21). The molecule has 1 saturated heterocycles. The van der Waals surface area contributed by atoms with Crippen LogP contribution in [0.1, 0.15) is 12.5 Å². The number of amides is 1. The van der Waals surface area contributed by atoms with Crippen molar-refractivity contribution in [1.29, 1.82) is 0 Å². The fourth-order valence-corrected chi connectivity index (χ4v) is 3.04. The van der Waals surface area contributed by atoms with Gasteiger partial charge in [-0.05, 0) is 31.5 Å². The third kappa shape index (κ3) is 4.27. The van der Waals surface area contributed by atoms with Gasteiger partial charge in [-0.2, -0.15) is 0 Å². The minimum atomic E-state index is -0.481. The van der Waals surface area contributed by atoms with Crippen molar-refractivity contribution in [1.82, 2.24) is 14.9 Å². The van der Waals surface area contributed by atoms with Crippen molar-refractivity contribution in [3.63, 3.8) is 0 Å². The van der Waals surface area contributed by atoms with Gasteiger partial charge < -0.3 is 19.9 Å². The summed E-state index contributed by atoms with van der Waals surface area (Å²) in [5.41, 5.74) is 1.55.